The number of aryl methyl sites for hydroxylation is 1. The number of nitrogens with zero attached hydrogens (tertiary/aromatic N) is 2. The van der Waals surface area contributed by atoms with Gasteiger partial charge in [-0.2, -0.15) is 0 Å². The van der Waals surface area contributed by atoms with Crippen molar-refractivity contribution < 1.29 is 13.9 Å². The Morgan fingerprint density at radius 1 is 1.21 bits per heavy atom. The van der Waals surface area contributed by atoms with Gasteiger partial charge in [0.05, 0.1) is 17.8 Å². The Balaban J connectivity index is 1.71. The van der Waals surface area contributed by atoms with E-state index < -0.39 is 5.82 Å². The van der Waals surface area contributed by atoms with Gasteiger partial charge in [-0.3, -0.25) is 4.79 Å². The molecule has 0 radical (unpaired) electrons. The van der Waals surface area contributed by atoms with Gasteiger partial charge < -0.3 is 9.64 Å². The van der Waals surface area contributed by atoms with E-state index in [-0.39, 0.29) is 17.5 Å². The van der Waals surface area contributed by atoms with Crippen molar-refractivity contribution in [3.8, 4) is 5.75 Å². The Bertz CT molecular complexity index is 973. The minimum absolute atomic E-state index is 0.0320. The molecule has 0 saturated carbocycles. The predicted octanol–water partition coefficient (Wildman–Crippen LogP) is 5.61. The maximum absolute atomic E-state index is 14.1. The molecule has 1 amide bonds. The number of amides is 1. The van der Waals surface area contributed by atoms with Gasteiger partial charge in [-0.25, -0.2) is 9.37 Å². The van der Waals surface area contributed by atoms with Crippen molar-refractivity contribution >= 4 is 17.2 Å². The highest BCUT2D eigenvalue weighted by Gasteiger charge is 2.24. The zero-order valence-electron chi connectivity index (χ0n) is 16.9. The molecule has 0 aliphatic carbocycles. The van der Waals surface area contributed by atoms with E-state index in [1.165, 1.54) is 23.5 Å². The molecule has 0 saturated heterocycles. The van der Waals surface area contributed by atoms with Crippen molar-refractivity contribution in [3.05, 3.63) is 81.6 Å². The molecule has 6 heteroatoms. The van der Waals surface area contributed by atoms with Crippen molar-refractivity contribution in [2.24, 2.45) is 0 Å². The summed E-state index contributed by atoms with van der Waals surface area (Å²) in [5, 5.41) is 2.77. The van der Waals surface area contributed by atoms with Gasteiger partial charge in [0, 0.05) is 11.4 Å². The lowest BCUT2D eigenvalue weighted by atomic mass is 10.1. The van der Waals surface area contributed by atoms with Crippen LogP contribution in [0.15, 0.2) is 53.9 Å². The van der Waals surface area contributed by atoms with Gasteiger partial charge >= 0.3 is 0 Å². The number of halogens is 1. The molecular weight excluding hydrogens is 387 g/mol. The van der Waals surface area contributed by atoms with E-state index in [1.807, 2.05) is 50.4 Å². The number of carbonyl (C=O) groups excluding carboxylic acids is 1. The molecule has 29 heavy (non-hydrogen) atoms. The highest BCUT2D eigenvalue weighted by atomic mass is 32.1. The number of carbonyl (C=O) groups is 1. The first-order valence-corrected chi connectivity index (χ1v) is 10.5. The molecule has 1 aromatic heterocycles. The number of benzene rings is 2. The summed E-state index contributed by atoms with van der Waals surface area (Å²) in [5.41, 5.74) is 1.94. The van der Waals surface area contributed by atoms with Crippen LogP contribution in [0.3, 0.4) is 0 Å². The summed E-state index contributed by atoms with van der Waals surface area (Å²) >= 11 is 1.50. The topological polar surface area (TPSA) is 42.4 Å². The Morgan fingerprint density at radius 3 is 2.66 bits per heavy atom. The average Bonchev–Trinajstić information content (AvgIpc) is 3.18. The SMILES string of the molecule is CCC(C)N(Cc1csc(COc2ccccc2C)n1)C(=O)c1ccccc1F. The van der Waals surface area contributed by atoms with Gasteiger partial charge in [0.1, 0.15) is 23.2 Å². The largest absolute Gasteiger partial charge is 0.486 e. The Labute approximate surface area is 175 Å². The second-order valence-corrected chi connectivity index (χ2v) is 7.90. The van der Waals surface area contributed by atoms with E-state index in [0.717, 1.165) is 28.4 Å². The molecule has 0 aliphatic heterocycles. The molecule has 3 aromatic rings. The van der Waals surface area contributed by atoms with Gasteiger partial charge in [0.25, 0.3) is 5.91 Å². The Hall–Kier alpha value is -2.73. The summed E-state index contributed by atoms with van der Waals surface area (Å²) in [7, 11) is 0. The van der Waals surface area contributed by atoms with Gasteiger partial charge in [0.15, 0.2) is 0 Å². The van der Waals surface area contributed by atoms with E-state index in [0.29, 0.717) is 13.2 Å². The smallest absolute Gasteiger partial charge is 0.257 e. The molecular formula is C23H25FN2O2S. The van der Waals surface area contributed by atoms with E-state index in [4.69, 9.17) is 4.74 Å². The molecule has 2 aromatic carbocycles. The molecule has 0 spiro atoms. The van der Waals surface area contributed by atoms with Gasteiger partial charge in [-0.1, -0.05) is 37.3 Å². The highest BCUT2D eigenvalue weighted by Crippen LogP contribution is 2.21. The number of rotatable bonds is 8. The first kappa shape index (κ1) is 21.0. The summed E-state index contributed by atoms with van der Waals surface area (Å²) in [4.78, 5) is 19.3. The standard InChI is InChI=1S/C23H25FN2O2S/c1-4-17(3)26(23(27)19-10-6-7-11-20(19)24)13-18-15-29-22(25-18)14-28-21-12-8-5-9-16(21)2/h5-12,15,17H,4,13-14H2,1-3H3. The summed E-state index contributed by atoms with van der Waals surface area (Å²) < 4.78 is 20.0. The monoisotopic (exact) mass is 412 g/mol. The zero-order chi connectivity index (χ0) is 20.8. The average molecular weight is 413 g/mol. The van der Waals surface area contributed by atoms with Crippen LogP contribution < -0.4 is 4.74 Å². The van der Waals surface area contributed by atoms with Crippen molar-refractivity contribution in [2.45, 2.75) is 46.4 Å². The van der Waals surface area contributed by atoms with Crippen LogP contribution >= 0.6 is 11.3 Å². The van der Waals surface area contributed by atoms with Crippen molar-refractivity contribution in [1.29, 1.82) is 0 Å². The third-order valence-electron chi connectivity index (χ3n) is 4.86. The second kappa shape index (κ2) is 9.65. The second-order valence-electron chi connectivity index (χ2n) is 6.96. The minimum Gasteiger partial charge on any atom is -0.486 e. The molecule has 0 bridgehead atoms. The van der Waals surface area contributed by atoms with Gasteiger partial charge in [-0.05, 0) is 44.0 Å². The predicted molar refractivity (Wildman–Crippen MR) is 114 cm³/mol. The number of para-hydroxylation sites is 1. The quantitative estimate of drug-likeness (QED) is 0.483. The first-order chi connectivity index (χ1) is 14.0. The zero-order valence-corrected chi connectivity index (χ0v) is 17.7. The lowest BCUT2D eigenvalue weighted by Crippen LogP contribution is -2.38. The third-order valence-corrected chi connectivity index (χ3v) is 5.74. The van der Waals surface area contributed by atoms with E-state index >= 15 is 0 Å². The molecule has 0 N–H and O–H groups in total. The molecule has 0 fully saturated rings. The van der Waals surface area contributed by atoms with Gasteiger partial charge in [0.2, 0.25) is 0 Å². The fourth-order valence-electron chi connectivity index (χ4n) is 2.96. The maximum Gasteiger partial charge on any atom is 0.257 e. The van der Waals surface area contributed by atoms with Crippen LogP contribution in [0.4, 0.5) is 4.39 Å². The first-order valence-electron chi connectivity index (χ1n) is 9.66. The lowest BCUT2D eigenvalue weighted by Gasteiger charge is -2.28. The maximum atomic E-state index is 14.1. The summed E-state index contributed by atoms with van der Waals surface area (Å²) in [5.74, 6) is 0.0137. The molecule has 152 valence electrons. The lowest BCUT2D eigenvalue weighted by molar-refractivity contribution is 0.0664. The molecule has 1 atom stereocenters. The summed E-state index contributed by atoms with van der Waals surface area (Å²) in [6.45, 7) is 6.69. The Morgan fingerprint density at radius 2 is 1.93 bits per heavy atom. The van der Waals surface area contributed by atoms with Gasteiger partial charge in [-0.15, -0.1) is 11.3 Å². The highest BCUT2D eigenvalue weighted by molar-refractivity contribution is 7.09. The molecule has 1 heterocycles. The van der Waals surface area contributed by atoms with Crippen LogP contribution in [-0.2, 0) is 13.2 Å². The normalized spacial score (nSPS) is 11.9. The molecule has 3 rings (SSSR count). The Kier molecular flexibility index (Phi) is 6.99. The van der Waals surface area contributed by atoms with E-state index in [9.17, 15) is 9.18 Å². The van der Waals surface area contributed by atoms with Crippen molar-refractivity contribution in [3.63, 3.8) is 0 Å². The molecule has 0 aliphatic rings. The number of hydrogen-bond acceptors (Lipinski definition) is 4. The molecule has 1 unspecified atom stereocenters. The van der Waals surface area contributed by atoms with Crippen LogP contribution in [0.5, 0.6) is 5.75 Å². The third kappa shape index (κ3) is 5.21. The minimum atomic E-state index is -0.503. The van der Waals surface area contributed by atoms with Crippen LogP contribution in [-0.4, -0.2) is 21.8 Å². The fraction of sp³-hybridized carbons (Fsp3) is 0.304. The van der Waals surface area contributed by atoms with E-state index in [1.54, 1.807) is 17.0 Å². The van der Waals surface area contributed by atoms with Crippen LogP contribution in [0.25, 0.3) is 0 Å². The van der Waals surface area contributed by atoms with Crippen molar-refractivity contribution in [2.75, 3.05) is 0 Å². The van der Waals surface area contributed by atoms with Crippen LogP contribution in [0.2, 0.25) is 0 Å². The number of thiazole rings is 1. The number of aromatic nitrogens is 1. The summed E-state index contributed by atoms with van der Waals surface area (Å²) in [6, 6.07) is 13.9. The summed E-state index contributed by atoms with van der Waals surface area (Å²) in [6.07, 6.45) is 0.771. The number of ether oxygens (including phenoxy) is 1. The fourth-order valence-corrected chi connectivity index (χ4v) is 3.65. The van der Waals surface area contributed by atoms with Crippen molar-refractivity contribution in [1.82, 2.24) is 9.88 Å². The number of hydrogen-bond donors (Lipinski definition) is 0. The molecule has 4 nitrogen and oxygen atoms in total. The van der Waals surface area contributed by atoms with Crippen LogP contribution in [0.1, 0.15) is 46.9 Å². The van der Waals surface area contributed by atoms with E-state index in [2.05, 4.69) is 4.98 Å². The van der Waals surface area contributed by atoms with Crippen LogP contribution in [0, 0.1) is 12.7 Å².